The van der Waals surface area contributed by atoms with Crippen molar-refractivity contribution in [2.24, 2.45) is 11.8 Å². The molecule has 1 aliphatic heterocycles. The highest BCUT2D eigenvalue weighted by atomic mass is 35.5. The summed E-state index contributed by atoms with van der Waals surface area (Å²) in [5.41, 5.74) is 2.37. The van der Waals surface area contributed by atoms with E-state index in [1.54, 1.807) is 11.3 Å². The van der Waals surface area contributed by atoms with Gasteiger partial charge in [-0.3, -0.25) is 4.79 Å². The van der Waals surface area contributed by atoms with Crippen LogP contribution in [0.5, 0.6) is 0 Å². The second-order valence-corrected chi connectivity index (χ2v) is 7.68. The number of nitrogens with one attached hydrogen (secondary N) is 1. The Kier molecular flexibility index (Phi) is 6.30. The molecule has 0 spiro atoms. The molecule has 22 heavy (non-hydrogen) atoms. The summed E-state index contributed by atoms with van der Waals surface area (Å²) in [6.07, 6.45) is 5.86. The Morgan fingerprint density at radius 2 is 2.27 bits per heavy atom. The monoisotopic (exact) mass is 342 g/mol. The van der Waals surface area contributed by atoms with E-state index >= 15 is 0 Å². The SMILES string of the molecule is CNCC1CCCN(C(=O)c2csc3c2CCC(C)C3)C1.Cl. The smallest absolute Gasteiger partial charge is 0.254 e. The fourth-order valence-corrected chi connectivity index (χ4v) is 4.97. The molecule has 5 heteroatoms. The average Bonchev–Trinajstić information content (AvgIpc) is 2.90. The number of hydrogen-bond donors (Lipinski definition) is 1. The summed E-state index contributed by atoms with van der Waals surface area (Å²) in [6.45, 7) is 5.18. The summed E-state index contributed by atoms with van der Waals surface area (Å²) in [4.78, 5) is 16.4. The van der Waals surface area contributed by atoms with E-state index in [2.05, 4.69) is 22.5 Å². The van der Waals surface area contributed by atoms with E-state index in [1.807, 2.05) is 7.05 Å². The van der Waals surface area contributed by atoms with Crippen molar-refractivity contribution in [3.63, 3.8) is 0 Å². The highest BCUT2D eigenvalue weighted by Gasteiger charge is 2.28. The minimum atomic E-state index is 0. The van der Waals surface area contributed by atoms with E-state index in [4.69, 9.17) is 0 Å². The summed E-state index contributed by atoms with van der Waals surface area (Å²) in [7, 11) is 2.00. The maximum absolute atomic E-state index is 12.9. The van der Waals surface area contributed by atoms with Gasteiger partial charge >= 0.3 is 0 Å². The number of carbonyl (C=O) groups excluding carboxylic acids is 1. The van der Waals surface area contributed by atoms with Gasteiger partial charge in [-0.1, -0.05) is 6.92 Å². The van der Waals surface area contributed by atoms with Gasteiger partial charge in [0.25, 0.3) is 5.91 Å². The number of rotatable bonds is 3. The van der Waals surface area contributed by atoms with Crippen LogP contribution >= 0.6 is 23.7 Å². The molecular weight excluding hydrogens is 316 g/mol. The van der Waals surface area contributed by atoms with Crippen LogP contribution in [0, 0.1) is 11.8 Å². The van der Waals surface area contributed by atoms with Crippen molar-refractivity contribution >= 4 is 29.7 Å². The second kappa shape index (κ2) is 7.80. The molecule has 124 valence electrons. The van der Waals surface area contributed by atoms with Gasteiger partial charge in [-0.15, -0.1) is 23.7 Å². The first-order valence-corrected chi connectivity index (χ1v) is 9.10. The maximum atomic E-state index is 12.9. The van der Waals surface area contributed by atoms with Gasteiger partial charge in [-0.25, -0.2) is 0 Å². The van der Waals surface area contributed by atoms with Gasteiger partial charge in [0.2, 0.25) is 0 Å². The molecule has 1 saturated heterocycles. The molecule has 3 rings (SSSR count). The lowest BCUT2D eigenvalue weighted by Crippen LogP contribution is -2.42. The zero-order valence-corrected chi connectivity index (χ0v) is 15.2. The van der Waals surface area contributed by atoms with Crippen molar-refractivity contribution in [1.29, 1.82) is 0 Å². The standard InChI is InChI=1S/C17H26N2OS.ClH/c1-12-5-6-14-15(11-21-16(14)8-12)17(20)19-7-3-4-13(10-19)9-18-2;/h11-13,18H,3-10H2,1-2H3;1H. The van der Waals surface area contributed by atoms with Crippen molar-refractivity contribution in [3.8, 4) is 0 Å². The fraction of sp³-hybridized carbons (Fsp3) is 0.706. The number of amides is 1. The van der Waals surface area contributed by atoms with Gasteiger partial charge in [0.15, 0.2) is 0 Å². The van der Waals surface area contributed by atoms with Gasteiger partial charge in [0.1, 0.15) is 0 Å². The molecule has 1 aliphatic carbocycles. The zero-order chi connectivity index (χ0) is 14.8. The van der Waals surface area contributed by atoms with Crippen LogP contribution < -0.4 is 5.32 Å². The van der Waals surface area contributed by atoms with Gasteiger partial charge in [0, 0.05) is 23.3 Å². The third-order valence-corrected chi connectivity index (χ3v) is 5.98. The molecule has 2 heterocycles. The Morgan fingerprint density at radius 3 is 3.05 bits per heavy atom. The molecule has 1 fully saturated rings. The molecule has 2 atom stereocenters. The summed E-state index contributed by atoms with van der Waals surface area (Å²) < 4.78 is 0. The lowest BCUT2D eigenvalue weighted by Gasteiger charge is -2.33. The summed E-state index contributed by atoms with van der Waals surface area (Å²) in [5, 5.41) is 5.37. The van der Waals surface area contributed by atoms with E-state index in [1.165, 1.54) is 23.3 Å². The number of nitrogens with zero attached hydrogens (tertiary/aromatic N) is 1. The molecule has 3 nitrogen and oxygen atoms in total. The molecular formula is C17H27ClN2OS. The normalized spacial score (nSPS) is 24.5. The summed E-state index contributed by atoms with van der Waals surface area (Å²) in [5.74, 6) is 1.67. The predicted molar refractivity (Wildman–Crippen MR) is 95.3 cm³/mol. The minimum Gasteiger partial charge on any atom is -0.338 e. The molecule has 0 bridgehead atoms. The van der Waals surface area contributed by atoms with E-state index in [9.17, 15) is 4.79 Å². The topological polar surface area (TPSA) is 32.3 Å². The van der Waals surface area contributed by atoms with E-state index in [0.29, 0.717) is 5.92 Å². The van der Waals surface area contributed by atoms with Crippen molar-refractivity contribution in [2.75, 3.05) is 26.7 Å². The number of carbonyl (C=O) groups is 1. The van der Waals surface area contributed by atoms with Crippen molar-refractivity contribution in [1.82, 2.24) is 10.2 Å². The minimum absolute atomic E-state index is 0. The first-order valence-electron chi connectivity index (χ1n) is 8.22. The lowest BCUT2D eigenvalue weighted by atomic mass is 9.88. The number of hydrogen-bond acceptors (Lipinski definition) is 3. The Balaban J connectivity index is 0.00000176. The fourth-order valence-electron chi connectivity index (χ4n) is 3.73. The highest BCUT2D eigenvalue weighted by Crippen LogP contribution is 2.33. The molecule has 1 amide bonds. The summed E-state index contributed by atoms with van der Waals surface area (Å²) in [6, 6.07) is 0. The van der Waals surface area contributed by atoms with Crippen LogP contribution in [0.2, 0.25) is 0 Å². The van der Waals surface area contributed by atoms with Crippen LogP contribution in [0.25, 0.3) is 0 Å². The third kappa shape index (κ3) is 3.66. The number of piperidine rings is 1. The van der Waals surface area contributed by atoms with Crippen LogP contribution in [0.4, 0.5) is 0 Å². The largest absolute Gasteiger partial charge is 0.338 e. The number of halogens is 1. The van der Waals surface area contributed by atoms with Crippen LogP contribution in [0.3, 0.4) is 0 Å². The number of fused-ring (bicyclic) bond motifs is 1. The predicted octanol–water partition coefficient (Wildman–Crippen LogP) is 3.37. The van der Waals surface area contributed by atoms with Gasteiger partial charge < -0.3 is 10.2 Å². The van der Waals surface area contributed by atoms with Gasteiger partial charge in [-0.05, 0) is 63.1 Å². The van der Waals surface area contributed by atoms with Crippen molar-refractivity contribution < 1.29 is 4.79 Å². The van der Waals surface area contributed by atoms with Gasteiger partial charge in [-0.2, -0.15) is 0 Å². The summed E-state index contributed by atoms with van der Waals surface area (Å²) >= 11 is 1.80. The van der Waals surface area contributed by atoms with Crippen LogP contribution in [-0.2, 0) is 12.8 Å². The first kappa shape index (κ1) is 17.8. The molecule has 0 saturated carbocycles. The average molecular weight is 343 g/mol. The van der Waals surface area contributed by atoms with Crippen molar-refractivity contribution in [3.05, 3.63) is 21.4 Å². The molecule has 1 aromatic heterocycles. The molecule has 0 radical (unpaired) electrons. The third-order valence-electron chi connectivity index (χ3n) is 4.93. The number of likely N-dealkylation sites (tertiary alicyclic amines) is 1. The molecule has 0 aromatic carbocycles. The van der Waals surface area contributed by atoms with Crippen LogP contribution in [0.15, 0.2) is 5.38 Å². The van der Waals surface area contributed by atoms with E-state index in [-0.39, 0.29) is 18.3 Å². The first-order chi connectivity index (χ1) is 10.2. The highest BCUT2D eigenvalue weighted by molar-refractivity contribution is 7.10. The van der Waals surface area contributed by atoms with Crippen LogP contribution in [0.1, 0.15) is 47.0 Å². The Labute approximate surface area is 143 Å². The second-order valence-electron chi connectivity index (χ2n) is 6.72. The van der Waals surface area contributed by atoms with Crippen LogP contribution in [-0.4, -0.2) is 37.5 Å². The maximum Gasteiger partial charge on any atom is 0.254 e. The Bertz CT molecular complexity index is 515. The van der Waals surface area contributed by atoms with E-state index < -0.39 is 0 Å². The zero-order valence-electron chi connectivity index (χ0n) is 13.6. The molecule has 2 aliphatic rings. The molecule has 1 N–H and O–H groups in total. The van der Waals surface area contributed by atoms with Gasteiger partial charge in [0.05, 0.1) is 5.56 Å². The van der Waals surface area contributed by atoms with E-state index in [0.717, 1.165) is 50.4 Å². The molecule has 1 aromatic rings. The molecule has 2 unspecified atom stereocenters. The van der Waals surface area contributed by atoms with Crippen molar-refractivity contribution in [2.45, 2.75) is 39.0 Å². The Hall–Kier alpha value is -0.580. The lowest BCUT2D eigenvalue weighted by molar-refractivity contribution is 0.0673. The number of thiophene rings is 1. The quantitative estimate of drug-likeness (QED) is 0.913. The Morgan fingerprint density at radius 1 is 1.45 bits per heavy atom.